The molecule has 0 heterocycles. The normalized spacial score (nSPS) is 16.0. The molecule has 38 heteroatoms. The Morgan fingerprint density at radius 1 is 0.317 bits per heavy atom. The molecule has 0 unspecified atom stereocenters. The van der Waals surface area contributed by atoms with E-state index in [1.54, 1.807) is 0 Å². The lowest BCUT2D eigenvalue weighted by Gasteiger charge is -2.42. The molecule has 4 nitrogen and oxygen atoms in total. The van der Waals surface area contributed by atoms with E-state index in [4.69, 9.17) is 0 Å². The molecule has 0 N–H and O–H groups in total. The van der Waals surface area contributed by atoms with Crippen LogP contribution in [0.1, 0.15) is 19.3 Å². The van der Waals surface area contributed by atoms with Gasteiger partial charge in [-0.1, -0.05) is 6.58 Å². The molecule has 0 saturated carbocycles. The minimum absolute atomic E-state index is 1.76. The average molecular weight is 1020 g/mol. The highest BCUT2D eigenvalue weighted by Gasteiger charge is 2.97. The highest BCUT2D eigenvalue weighted by molar-refractivity contribution is 5.93. The molecular formula is C25H12F34O4. The molecule has 0 saturated heterocycles. The molecule has 0 aromatic heterocycles. The summed E-state index contributed by atoms with van der Waals surface area (Å²) in [5.74, 6) is -124. The Balaban J connectivity index is 5.94. The second kappa shape index (κ2) is 16.3. The predicted molar refractivity (Wildman–Crippen MR) is 126 cm³/mol. The van der Waals surface area contributed by atoms with Gasteiger partial charge in [0.1, 0.15) is 0 Å². The lowest BCUT2D eigenvalue weighted by atomic mass is 9.88. The Kier molecular flexibility index (Phi) is 15.4. The van der Waals surface area contributed by atoms with Crippen molar-refractivity contribution in [1.82, 2.24) is 0 Å². The molecule has 0 aromatic carbocycles. The molecule has 0 rings (SSSR count). The summed E-state index contributed by atoms with van der Waals surface area (Å²) >= 11 is 0. The summed E-state index contributed by atoms with van der Waals surface area (Å²) in [5.41, 5.74) is -1.76. The molecule has 0 atom stereocenters. The van der Waals surface area contributed by atoms with Gasteiger partial charge in [-0.25, -0.2) is 4.79 Å². The predicted octanol–water partition coefficient (Wildman–Crippen LogP) is 11.8. The number of ether oxygens (including phenoxy) is 2. The van der Waals surface area contributed by atoms with Crippen molar-refractivity contribution < 1.29 is 168 Å². The average Bonchev–Trinajstić information content (AvgIpc) is 3.05. The van der Waals surface area contributed by atoms with Crippen LogP contribution in [0.3, 0.4) is 0 Å². The highest BCUT2D eigenvalue weighted by Crippen LogP contribution is 2.66. The number of alkyl halides is 34. The largest absolute Gasteiger partial charge is 0.465 e. The Hall–Kier alpha value is -3.70. The van der Waals surface area contributed by atoms with Crippen molar-refractivity contribution in [3.8, 4) is 0 Å². The molecule has 374 valence electrons. The number of carbonyl (C=O) groups excluding carboxylic acids is 2. The van der Waals surface area contributed by atoms with Crippen LogP contribution in [-0.2, 0) is 19.1 Å². The van der Waals surface area contributed by atoms with Crippen LogP contribution in [0.4, 0.5) is 149 Å². The summed E-state index contributed by atoms with van der Waals surface area (Å²) in [6.07, 6.45) is -25.0. The summed E-state index contributed by atoms with van der Waals surface area (Å²) in [6, 6.07) is 0. The minimum atomic E-state index is -9.00. The van der Waals surface area contributed by atoms with Crippen molar-refractivity contribution in [1.29, 1.82) is 0 Å². The summed E-state index contributed by atoms with van der Waals surface area (Å²) in [5, 5.41) is 0. The van der Waals surface area contributed by atoms with Crippen LogP contribution in [0.15, 0.2) is 12.2 Å². The third kappa shape index (κ3) is 8.87. The molecule has 0 aliphatic carbocycles. The van der Waals surface area contributed by atoms with Crippen LogP contribution >= 0.6 is 0 Å². The van der Waals surface area contributed by atoms with Crippen LogP contribution in [-0.4, -0.2) is 120 Å². The van der Waals surface area contributed by atoms with Gasteiger partial charge in [0.05, 0.1) is 32.5 Å². The first-order valence-corrected chi connectivity index (χ1v) is 14.3. The number of rotatable bonds is 21. The lowest BCUT2D eigenvalue weighted by Crippen LogP contribution is -2.74. The fraction of sp³-hybridized carbons (Fsp3) is 0.840. The maximum Gasteiger partial charge on any atom is 0.460 e. The van der Waals surface area contributed by atoms with E-state index in [0.717, 1.165) is 0 Å². The zero-order valence-electron chi connectivity index (χ0n) is 28.2. The summed E-state index contributed by atoms with van der Waals surface area (Å²) in [7, 11) is 0. The van der Waals surface area contributed by atoms with E-state index in [1.165, 1.54) is 0 Å². The molecule has 0 fully saturated rings. The molecular weight excluding hydrogens is 1010 g/mol. The monoisotopic (exact) mass is 1020 g/mol. The van der Waals surface area contributed by atoms with Gasteiger partial charge >= 0.3 is 107 Å². The fourth-order valence-electron chi connectivity index (χ4n) is 3.67. The van der Waals surface area contributed by atoms with Gasteiger partial charge in [0.25, 0.3) is 0 Å². The van der Waals surface area contributed by atoms with Gasteiger partial charge in [0, 0.05) is 5.57 Å². The summed E-state index contributed by atoms with van der Waals surface area (Å²) in [4.78, 5) is 23.2. The van der Waals surface area contributed by atoms with Gasteiger partial charge in [0.2, 0.25) is 0 Å². The summed E-state index contributed by atoms with van der Waals surface area (Å²) < 4.78 is 459. The quantitative estimate of drug-likeness (QED) is 0.0653. The lowest BCUT2D eigenvalue weighted by molar-refractivity contribution is -0.461. The second-order valence-electron chi connectivity index (χ2n) is 11.9. The molecule has 0 radical (unpaired) electrons. The van der Waals surface area contributed by atoms with Crippen LogP contribution in [0.5, 0.6) is 0 Å². The van der Waals surface area contributed by atoms with Crippen molar-refractivity contribution in [3.05, 3.63) is 12.2 Å². The van der Waals surface area contributed by atoms with Gasteiger partial charge in [-0.05, 0) is 0 Å². The third-order valence-corrected chi connectivity index (χ3v) is 7.55. The van der Waals surface area contributed by atoms with Crippen LogP contribution in [0.25, 0.3) is 0 Å². The number of hydrogen-bond acceptors (Lipinski definition) is 4. The van der Waals surface area contributed by atoms with Crippen molar-refractivity contribution in [3.63, 3.8) is 0 Å². The minimum Gasteiger partial charge on any atom is -0.465 e. The van der Waals surface area contributed by atoms with Crippen LogP contribution < -0.4 is 0 Å². The zero-order chi connectivity index (χ0) is 51.7. The molecule has 0 aliphatic heterocycles. The second-order valence-corrected chi connectivity index (χ2v) is 11.9. The van der Waals surface area contributed by atoms with E-state index >= 15 is 0 Å². The maximum absolute atomic E-state index is 13.9. The number of carbonyl (C=O) groups is 2. The van der Waals surface area contributed by atoms with E-state index in [9.17, 15) is 159 Å². The van der Waals surface area contributed by atoms with Gasteiger partial charge in [-0.2, -0.15) is 149 Å². The Bertz CT molecular complexity index is 1670. The first kappa shape index (κ1) is 59.3. The maximum atomic E-state index is 13.9. The molecule has 0 spiro atoms. The van der Waals surface area contributed by atoms with E-state index < -0.39 is 145 Å². The van der Waals surface area contributed by atoms with Gasteiger partial charge < -0.3 is 9.47 Å². The smallest absolute Gasteiger partial charge is 0.460 e. The molecule has 63 heavy (non-hydrogen) atoms. The number of esters is 2. The fourth-order valence-corrected chi connectivity index (χ4v) is 3.67. The number of halogens is 34. The third-order valence-electron chi connectivity index (χ3n) is 7.55. The van der Waals surface area contributed by atoms with Crippen molar-refractivity contribution in [2.75, 3.05) is 13.2 Å². The first-order chi connectivity index (χ1) is 26.9. The van der Waals surface area contributed by atoms with Gasteiger partial charge in [-0.15, -0.1) is 0 Å². The molecule has 0 aliphatic rings. The Morgan fingerprint density at radius 2 is 0.524 bits per heavy atom. The highest BCUT2D eigenvalue weighted by atomic mass is 19.4. The van der Waals surface area contributed by atoms with Crippen molar-refractivity contribution in [2.24, 2.45) is 0 Å². The van der Waals surface area contributed by atoms with Crippen LogP contribution in [0, 0.1) is 0 Å². The van der Waals surface area contributed by atoms with E-state index in [1.807, 2.05) is 0 Å². The Morgan fingerprint density at radius 3 is 0.762 bits per heavy atom. The van der Waals surface area contributed by atoms with E-state index in [2.05, 4.69) is 16.1 Å². The van der Waals surface area contributed by atoms with Crippen molar-refractivity contribution >= 4 is 11.9 Å². The molecule has 0 amide bonds. The van der Waals surface area contributed by atoms with Crippen LogP contribution in [0.2, 0.25) is 0 Å². The van der Waals surface area contributed by atoms with E-state index in [-0.39, 0.29) is 0 Å². The van der Waals surface area contributed by atoms with Gasteiger partial charge in [-0.3, -0.25) is 4.79 Å². The zero-order valence-corrected chi connectivity index (χ0v) is 28.2. The SMILES string of the molecule is C=C(CC(=O)OCCC(F)(F)C(F)(F)C(F)(F)C(F)(F)C(F)(F)C(F)(F)C(F)(F)C(F)(F)F)C(=O)OCCC(F)(F)C(F)(F)C(F)(F)C(F)(F)C(F)(F)C(F)(F)C(F)(F)C(F)(F)F. The van der Waals surface area contributed by atoms with Crippen molar-refractivity contribution in [2.45, 2.75) is 115 Å². The Labute approximate surface area is 321 Å². The topological polar surface area (TPSA) is 52.6 Å². The standard InChI is InChI=1S/C25H12F34O4/c1-7(9(61)63-5-3-11(28,29)13(32,33)15(36,37)17(40,41)19(44,45)21(48,49)23(52,53)25(57,58)59)6-8(60)62-4-2-10(26,27)12(30,31)14(34,35)16(38,39)18(42,43)20(46,47)22(50,51)24(54,55)56/h1-6H2. The molecule has 0 aromatic rings. The molecule has 0 bridgehead atoms. The number of hydrogen-bond donors (Lipinski definition) is 0. The van der Waals surface area contributed by atoms with Gasteiger partial charge in [0.15, 0.2) is 0 Å². The first-order valence-electron chi connectivity index (χ1n) is 14.3. The summed E-state index contributed by atoms with van der Waals surface area (Å²) in [6.45, 7) is -2.91. The van der Waals surface area contributed by atoms with E-state index in [0.29, 0.717) is 0 Å².